The van der Waals surface area contributed by atoms with Crippen molar-refractivity contribution in [3.05, 3.63) is 47.0 Å². The van der Waals surface area contributed by atoms with Gasteiger partial charge in [-0.2, -0.15) is 4.98 Å². The fraction of sp³-hybridized carbons (Fsp3) is 0.348. The zero-order chi connectivity index (χ0) is 24.8. The average molecular weight is 498 g/mol. The minimum atomic E-state index is -0.458. The Morgan fingerprint density at radius 3 is 2.71 bits per heavy atom. The van der Waals surface area contributed by atoms with E-state index in [-0.39, 0.29) is 17.5 Å². The molecule has 0 saturated carbocycles. The number of imide groups is 1. The Hall–Kier alpha value is -3.64. The molecule has 4 rings (SSSR count). The molecule has 3 heterocycles. The Balaban J connectivity index is 1.53. The number of amides is 4. The molecule has 2 aromatic rings. The molecule has 1 aromatic carbocycles. The number of aliphatic hydroxyl groups is 1. The number of nitrogens with one attached hydrogen (secondary N) is 2. The second kappa shape index (κ2) is 11.2. The van der Waals surface area contributed by atoms with Gasteiger partial charge in [-0.25, -0.2) is 9.78 Å². The number of carbonyl (C=O) groups is 3. The van der Waals surface area contributed by atoms with Crippen molar-refractivity contribution < 1.29 is 19.5 Å². The van der Waals surface area contributed by atoms with Gasteiger partial charge in [-0.1, -0.05) is 18.2 Å². The van der Waals surface area contributed by atoms with Crippen molar-refractivity contribution in [3.8, 4) is 0 Å². The van der Waals surface area contributed by atoms with E-state index in [0.29, 0.717) is 50.2 Å². The summed E-state index contributed by atoms with van der Waals surface area (Å²) in [6, 6.07) is 10.9. The third kappa shape index (κ3) is 6.28. The standard InChI is InChI=1S/C23H27N7O4S/c1-28(12-13-31)19-15-17(14-18-20(32)27-23(34)35-18)24-21(26-19)29-8-5-9-30(11-10-29)22(33)25-16-6-3-2-4-7-16/h2-4,6-7,14-15,31H,5,8-13H2,1H3,(H,25,33)(H,27,32,34)/b18-14+. The maximum Gasteiger partial charge on any atom is 0.321 e. The summed E-state index contributed by atoms with van der Waals surface area (Å²) in [6.45, 7) is 2.57. The number of aromatic nitrogens is 2. The summed E-state index contributed by atoms with van der Waals surface area (Å²) in [5.41, 5.74) is 1.22. The summed E-state index contributed by atoms with van der Waals surface area (Å²) in [7, 11) is 1.80. The molecule has 2 fully saturated rings. The van der Waals surface area contributed by atoms with E-state index in [1.165, 1.54) is 0 Å². The molecule has 11 nitrogen and oxygen atoms in total. The quantitative estimate of drug-likeness (QED) is 0.513. The number of rotatable bonds is 6. The zero-order valence-electron chi connectivity index (χ0n) is 19.3. The minimum absolute atomic E-state index is 0.0474. The van der Waals surface area contributed by atoms with E-state index in [4.69, 9.17) is 0 Å². The smallest absolute Gasteiger partial charge is 0.321 e. The van der Waals surface area contributed by atoms with Gasteiger partial charge in [-0.3, -0.25) is 14.9 Å². The lowest BCUT2D eigenvalue weighted by atomic mass is 10.3. The summed E-state index contributed by atoms with van der Waals surface area (Å²) in [5, 5.41) is 14.1. The van der Waals surface area contributed by atoms with Crippen molar-refractivity contribution in [2.24, 2.45) is 0 Å². The number of hydrogen-bond acceptors (Lipinski definition) is 9. The largest absolute Gasteiger partial charge is 0.395 e. The molecular formula is C23H27N7O4S. The van der Waals surface area contributed by atoms with Crippen LogP contribution in [0.25, 0.3) is 6.08 Å². The number of carbonyl (C=O) groups excluding carboxylic acids is 3. The van der Waals surface area contributed by atoms with E-state index in [1.54, 1.807) is 29.0 Å². The molecule has 35 heavy (non-hydrogen) atoms. The van der Waals surface area contributed by atoms with Gasteiger partial charge in [0.25, 0.3) is 11.1 Å². The van der Waals surface area contributed by atoms with E-state index in [0.717, 1.165) is 23.9 Å². The highest BCUT2D eigenvalue weighted by Gasteiger charge is 2.26. The number of anilines is 3. The number of hydrogen-bond donors (Lipinski definition) is 3. The van der Waals surface area contributed by atoms with Crippen molar-refractivity contribution in [2.45, 2.75) is 6.42 Å². The fourth-order valence-corrected chi connectivity index (χ4v) is 4.38. The zero-order valence-corrected chi connectivity index (χ0v) is 20.1. The van der Waals surface area contributed by atoms with Gasteiger partial charge in [0.15, 0.2) is 0 Å². The van der Waals surface area contributed by atoms with Gasteiger partial charge in [-0.15, -0.1) is 0 Å². The lowest BCUT2D eigenvalue weighted by Crippen LogP contribution is -2.38. The van der Waals surface area contributed by atoms with Crippen LogP contribution in [0, 0.1) is 0 Å². The summed E-state index contributed by atoms with van der Waals surface area (Å²) in [5.74, 6) is 0.577. The first-order valence-electron chi connectivity index (χ1n) is 11.2. The molecule has 0 atom stereocenters. The summed E-state index contributed by atoms with van der Waals surface area (Å²) < 4.78 is 0. The maximum atomic E-state index is 12.7. The van der Waals surface area contributed by atoms with Crippen molar-refractivity contribution in [2.75, 3.05) is 61.5 Å². The highest BCUT2D eigenvalue weighted by molar-refractivity contribution is 8.18. The third-order valence-electron chi connectivity index (χ3n) is 5.56. The maximum absolute atomic E-state index is 12.7. The predicted octanol–water partition coefficient (Wildman–Crippen LogP) is 1.97. The number of likely N-dealkylation sites (N-methyl/N-ethyl adjacent to an activating group) is 1. The van der Waals surface area contributed by atoms with Crippen LogP contribution < -0.4 is 20.4 Å². The predicted molar refractivity (Wildman–Crippen MR) is 135 cm³/mol. The van der Waals surface area contributed by atoms with Gasteiger partial charge in [0, 0.05) is 51.5 Å². The second-order valence-electron chi connectivity index (χ2n) is 8.07. The summed E-state index contributed by atoms with van der Waals surface area (Å²) in [4.78, 5) is 51.4. The Morgan fingerprint density at radius 1 is 1.20 bits per heavy atom. The first kappa shape index (κ1) is 24.5. The average Bonchev–Trinajstić information content (AvgIpc) is 3.02. The summed E-state index contributed by atoms with van der Waals surface area (Å²) in [6.07, 6.45) is 2.29. The SMILES string of the molecule is CN(CCO)c1cc(/C=C2/SC(=O)NC2=O)nc(N2CCCN(C(=O)Nc3ccccc3)CC2)n1. The summed E-state index contributed by atoms with van der Waals surface area (Å²) >= 11 is 0.825. The van der Waals surface area contributed by atoms with Gasteiger partial charge in [0.05, 0.1) is 17.2 Å². The van der Waals surface area contributed by atoms with Gasteiger partial charge in [-0.05, 0) is 36.4 Å². The number of aliphatic hydroxyl groups excluding tert-OH is 1. The molecule has 0 radical (unpaired) electrons. The Labute approximate surface area is 207 Å². The van der Waals surface area contributed by atoms with Crippen LogP contribution in [-0.2, 0) is 4.79 Å². The highest BCUT2D eigenvalue weighted by atomic mass is 32.2. The molecule has 12 heteroatoms. The van der Waals surface area contributed by atoms with Crippen LogP contribution in [-0.4, -0.2) is 83.5 Å². The van der Waals surface area contributed by atoms with Gasteiger partial charge in [0.2, 0.25) is 5.95 Å². The third-order valence-corrected chi connectivity index (χ3v) is 6.37. The molecule has 0 bridgehead atoms. The number of urea groups is 1. The molecule has 2 aliphatic rings. The van der Waals surface area contributed by atoms with Crippen LogP contribution in [0.5, 0.6) is 0 Å². The van der Waals surface area contributed by atoms with Crippen LogP contribution in [0.1, 0.15) is 12.1 Å². The van der Waals surface area contributed by atoms with E-state index >= 15 is 0 Å². The number of nitrogens with zero attached hydrogens (tertiary/aromatic N) is 5. The van der Waals surface area contributed by atoms with E-state index in [9.17, 15) is 19.5 Å². The normalized spacial score (nSPS) is 17.4. The molecule has 4 amide bonds. The van der Waals surface area contributed by atoms with E-state index in [2.05, 4.69) is 20.6 Å². The van der Waals surface area contributed by atoms with Crippen molar-refractivity contribution in [1.82, 2.24) is 20.2 Å². The second-order valence-corrected chi connectivity index (χ2v) is 9.09. The van der Waals surface area contributed by atoms with E-state index in [1.807, 2.05) is 35.2 Å². The Bertz CT molecular complexity index is 1130. The van der Waals surface area contributed by atoms with Crippen molar-refractivity contribution in [1.29, 1.82) is 0 Å². The van der Waals surface area contributed by atoms with Crippen LogP contribution >= 0.6 is 11.8 Å². The Kier molecular flexibility index (Phi) is 7.83. The number of benzene rings is 1. The topological polar surface area (TPSA) is 131 Å². The molecule has 184 valence electrons. The highest BCUT2D eigenvalue weighted by Crippen LogP contribution is 2.27. The van der Waals surface area contributed by atoms with Crippen LogP contribution in [0.4, 0.5) is 27.0 Å². The lowest BCUT2D eigenvalue weighted by molar-refractivity contribution is -0.115. The molecule has 2 saturated heterocycles. The monoisotopic (exact) mass is 497 g/mol. The molecule has 3 N–H and O–H groups in total. The number of para-hydroxylation sites is 1. The molecule has 0 spiro atoms. The number of thioether (sulfide) groups is 1. The van der Waals surface area contributed by atoms with Crippen molar-refractivity contribution in [3.63, 3.8) is 0 Å². The molecular weight excluding hydrogens is 470 g/mol. The Morgan fingerprint density at radius 2 is 2.00 bits per heavy atom. The van der Waals surface area contributed by atoms with Crippen LogP contribution in [0.15, 0.2) is 41.3 Å². The minimum Gasteiger partial charge on any atom is -0.395 e. The first-order chi connectivity index (χ1) is 16.9. The first-order valence-corrected chi connectivity index (χ1v) is 12.1. The fourth-order valence-electron chi connectivity index (χ4n) is 3.72. The van der Waals surface area contributed by atoms with Crippen molar-refractivity contribution >= 4 is 52.5 Å². The molecule has 1 aromatic heterocycles. The molecule has 0 unspecified atom stereocenters. The van der Waals surface area contributed by atoms with E-state index < -0.39 is 11.1 Å². The van der Waals surface area contributed by atoms with Gasteiger partial charge < -0.3 is 25.1 Å². The molecule has 2 aliphatic heterocycles. The lowest BCUT2D eigenvalue weighted by Gasteiger charge is -2.24. The van der Waals surface area contributed by atoms with Gasteiger partial charge in [0.1, 0.15) is 5.82 Å². The van der Waals surface area contributed by atoms with Gasteiger partial charge >= 0.3 is 6.03 Å². The van der Waals surface area contributed by atoms with Crippen LogP contribution in [0.2, 0.25) is 0 Å². The molecule has 0 aliphatic carbocycles. The van der Waals surface area contributed by atoms with Crippen LogP contribution in [0.3, 0.4) is 0 Å².